The molecule has 1 aliphatic heterocycles. The summed E-state index contributed by atoms with van der Waals surface area (Å²) in [5.41, 5.74) is -0.204. The van der Waals surface area contributed by atoms with Crippen molar-refractivity contribution >= 4 is 46.4 Å². The lowest BCUT2D eigenvalue weighted by Crippen LogP contribution is -2.21. The summed E-state index contributed by atoms with van der Waals surface area (Å²) in [6, 6.07) is 10.2. The molecule has 42 heavy (non-hydrogen) atoms. The van der Waals surface area contributed by atoms with Gasteiger partial charge < -0.3 is 10.6 Å². The molecule has 3 aromatic carbocycles. The second-order valence-electron chi connectivity index (χ2n) is 9.35. The molecule has 0 spiro atoms. The van der Waals surface area contributed by atoms with Crippen molar-refractivity contribution in [3.05, 3.63) is 117 Å². The van der Waals surface area contributed by atoms with Gasteiger partial charge in [0.25, 0.3) is 11.8 Å². The second-order valence-corrected chi connectivity index (χ2v) is 10.1. The number of carbonyl (C=O) groups excluding carboxylic acids is 2. The Balaban J connectivity index is 1.52. The smallest absolute Gasteiger partial charge is 0.341 e. The van der Waals surface area contributed by atoms with Gasteiger partial charge in [0.15, 0.2) is 5.65 Å². The zero-order chi connectivity index (χ0) is 29.9. The lowest BCUT2D eigenvalue weighted by molar-refractivity contribution is -0.137. The summed E-state index contributed by atoms with van der Waals surface area (Å²) in [7, 11) is 0. The molecule has 3 heterocycles. The highest BCUT2D eigenvalue weighted by molar-refractivity contribution is 6.31. The van der Waals surface area contributed by atoms with E-state index in [4.69, 9.17) is 23.2 Å². The molecule has 0 aliphatic carbocycles. The number of alkyl halides is 3. The first kappa shape index (κ1) is 27.6. The molecule has 0 unspecified atom stereocenters. The van der Waals surface area contributed by atoms with Crippen LogP contribution >= 0.6 is 23.2 Å². The van der Waals surface area contributed by atoms with E-state index in [1.165, 1.54) is 22.6 Å². The van der Waals surface area contributed by atoms with E-state index in [-0.39, 0.29) is 38.8 Å². The predicted molar refractivity (Wildman–Crippen MR) is 144 cm³/mol. The fourth-order valence-corrected chi connectivity index (χ4v) is 5.18. The first-order valence-electron chi connectivity index (χ1n) is 12.0. The average Bonchev–Trinajstić information content (AvgIpc) is 3.48. The third-order valence-corrected chi connectivity index (χ3v) is 7.29. The number of aromatic nitrogens is 3. The molecule has 212 valence electrons. The van der Waals surface area contributed by atoms with Gasteiger partial charge >= 0.3 is 6.18 Å². The van der Waals surface area contributed by atoms with Crippen LogP contribution in [0.1, 0.15) is 43.4 Å². The molecule has 0 radical (unpaired) electrons. The molecule has 6 rings (SSSR count). The van der Waals surface area contributed by atoms with E-state index in [2.05, 4.69) is 20.8 Å². The number of rotatable bonds is 4. The highest BCUT2D eigenvalue weighted by atomic mass is 35.5. The molecule has 5 aromatic rings. The SMILES string of the molecule is O=C(Nc1cc(-c2ccc3nnc(Cl)n3c2)cc2c1[C@H](c1cc(F)ccc1Cl)NC2=O)c1cc(F)cc(C(F)(F)F)c1. The van der Waals surface area contributed by atoms with Crippen LogP contribution in [-0.4, -0.2) is 26.4 Å². The Morgan fingerprint density at radius 1 is 0.929 bits per heavy atom. The van der Waals surface area contributed by atoms with Gasteiger partial charge in [-0.1, -0.05) is 11.6 Å². The molecule has 14 heteroatoms. The largest absolute Gasteiger partial charge is 0.416 e. The van der Waals surface area contributed by atoms with Crippen molar-refractivity contribution in [1.82, 2.24) is 19.9 Å². The van der Waals surface area contributed by atoms with E-state index < -0.39 is 46.8 Å². The van der Waals surface area contributed by atoms with Crippen LogP contribution < -0.4 is 10.6 Å². The maximum Gasteiger partial charge on any atom is 0.416 e. The molecule has 2 amide bonds. The fraction of sp³-hybridized carbons (Fsp3) is 0.0714. The maximum absolute atomic E-state index is 14.2. The lowest BCUT2D eigenvalue weighted by Gasteiger charge is -2.19. The van der Waals surface area contributed by atoms with E-state index in [1.54, 1.807) is 18.3 Å². The van der Waals surface area contributed by atoms with Gasteiger partial charge in [-0.05, 0) is 83.4 Å². The minimum atomic E-state index is -4.91. The predicted octanol–water partition coefficient (Wildman–Crippen LogP) is 7.09. The molecular formula is C28H14Cl2F5N5O2. The Morgan fingerprint density at radius 2 is 1.71 bits per heavy atom. The molecule has 1 atom stereocenters. The van der Waals surface area contributed by atoms with Crippen molar-refractivity contribution < 1.29 is 31.5 Å². The molecular weight excluding hydrogens is 604 g/mol. The van der Waals surface area contributed by atoms with Crippen LogP contribution in [0.2, 0.25) is 10.3 Å². The molecule has 2 aromatic heterocycles. The van der Waals surface area contributed by atoms with E-state index in [1.807, 2.05) is 0 Å². The van der Waals surface area contributed by atoms with Crippen molar-refractivity contribution in [2.75, 3.05) is 5.32 Å². The summed E-state index contributed by atoms with van der Waals surface area (Å²) in [6.45, 7) is 0. The molecule has 7 nitrogen and oxygen atoms in total. The van der Waals surface area contributed by atoms with E-state index in [9.17, 15) is 31.5 Å². The lowest BCUT2D eigenvalue weighted by atomic mass is 9.93. The number of amides is 2. The zero-order valence-electron chi connectivity index (χ0n) is 20.7. The molecule has 0 saturated carbocycles. The van der Waals surface area contributed by atoms with Gasteiger partial charge in [-0.15, -0.1) is 10.2 Å². The number of halogens is 7. The molecule has 1 aliphatic rings. The Bertz CT molecular complexity index is 1940. The number of benzene rings is 3. The monoisotopic (exact) mass is 617 g/mol. The summed E-state index contributed by atoms with van der Waals surface area (Å²) in [4.78, 5) is 26.4. The second kappa shape index (κ2) is 10.1. The van der Waals surface area contributed by atoms with Crippen molar-refractivity contribution in [3.63, 3.8) is 0 Å². The van der Waals surface area contributed by atoms with Crippen LogP contribution in [0.25, 0.3) is 16.8 Å². The van der Waals surface area contributed by atoms with Crippen LogP contribution in [0.3, 0.4) is 0 Å². The van der Waals surface area contributed by atoms with Crippen LogP contribution in [0.5, 0.6) is 0 Å². The van der Waals surface area contributed by atoms with Crippen LogP contribution in [-0.2, 0) is 6.18 Å². The van der Waals surface area contributed by atoms with Gasteiger partial charge in [-0.3, -0.25) is 14.0 Å². The quantitative estimate of drug-likeness (QED) is 0.211. The molecule has 0 saturated heterocycles. The standard InChI is InChI=1S/C28H14Cl2F5N5O2/c29-20-3-2-16(31)10-18(20)24-23-19(26(42)37-24)7-13(12-1-4-22-38-39-27(30)40(22)11-12)8-21(23)36-25(41)14-5-15(28(33,34)35)9-17(32)6-14/h1-11,24H,(H,36,41)(H,37,42)/t24-/m0/s1. The third-order valence-electron chi connectivity index (χ3n) is 6.69. The van der Waals surface area contributed by atoms with E-state index in [0.29, 0.717) is 28.9 Å². The Morgan fingerprint density at radius 3 is 2.48 bits per heavy atom. The van der Waals surface area contributed by atoms with E-state index >= 15 is 0 Å². The number of nitrogens with one attached hydrogen (secondary N) is 2. The van der Waals surface area contributed by atoms with Crippen LogP contribution in [0.15, 0.2) is 66.9 Å². The minimum Gasteiger partial charge on any atom is -0.341 e. The van der Waals surface area contributed by atoms with Gasteiger partial charge in [0, 0.05) is 39.2 Å². The van der Waals surface area contributed by atoms with Gasteiger partial charge in [-0.25, -0.2) is 8.78 Å². The summed E-state index contributed by atoms with van der Waals surface area (Å²) in [6.07, 6.45) is -3.32. The topological polar surface area (TPSA) is 88.4 Å². The summed E-state index contributed by atoms with van der Waals surface area (Å²) in [5, 5.41) is 13.1. The number of carbonyl (C=O) groups is 2. The normalized spacial score (nSPS) is 14.6. The van der Waals surface area contributed by atoms with Crippen molar-refractivity contribution in [1.29, 1.82) is 0 Å². The van der Waals surface area contributed by atoms with Crippen LogP contribution in [0, 0.1) is 11.6 Å². The molecule has 2 N–H and O–H groups in total. The number of hydrogen-bond donors (Lipinski definition) is 2. The Hall–Kier alpha value is -4.55. The van der Waals surface area contributed by atoms with Crippen molar-refractivity contribution in [2.24, 2.45) is 0 Å². The van der Waals surface area contributed by atoms with Crippen LogP contribution in [0.4, 0.5) is 27.6 Å². The minimum absolute atomic E-state index is 0.0102. The summed E-state index contributed by atoms with van der Waals surface area (Å²) < 4.78 is 69.7. The van der Waals surface area contributed by atoms with Crippen molar-refractivity contribution in [2.45, 2.75) is 12.2 Å². The number of hydrogen-bond acceptors (Lipinski definition) is 4. The Kier molecular flexibility index (Phi) is 6.62. The number of anilines is 1. The fourth-order valence-electron chi connectivity index (χ4n) is 4.78. The summed E-state index contributed by atoms with van der Waals surface area (Å²) in [5.74, 6) is -3.58. The number of nitrogens with zero attached hydrogens (tertiary/aromatic N) is 3. The molecule has 0 fully saturated rings. The first-order chi connectivity index (χ1) is 19.9. The first-order valence-corrected chi connectivity index (χ1v) is 12.8. The third kappa shape index (κ3) is 4.92. The average molecular weight is 618 g/mol. The Labute approximate surface area is 242 Å². The van der Waals surface area contributed by atoms with E-state index in [0.717, 1.165) is 12.1 Å². The van der Waals surface area contributed by atoms with Gasteiger partial charge in [0.1, 0.15) is 11.6 Å². The van der Waals surface area contributed by atoms with Gasteiger partial charge in [0.05, 0.1) is 11.6 Å². The molecule has 0 bridgehead atoms. The zero-order valence-corrected chi connectivity index (χ0v) is 22.2. The van der Waals surface area contributed by atoms with Gasteiger partial charge in [0.2, 0.25) is 5.28 Å². The van der Waals surface area contributed by atoms with Gasteiger partial charge in [-0.2, -0.15) is 13.2 Å². The maximum atomic E-state index is 14.2. The van der Waals surface area contributed by atoms with Crippen molar-refractivity contribution in [3.8, 4) is 11.1 Å². The highest BCUT2D eigenvalue weighted by Crippen LogP contribution is 2.42. The summed E-state index contributed by atoms with van der Waals surface area (Å²) >= 11 is 12.4. The highest BCUT2D eigenvalue weighted by Gasteiger charge is 2.36. The number of fused-ring (bicyclic) bond motifs is 2. The number of pyridine rings is 1.